The number of anilines is 2. The first-order valence-corrected chi connectivity index (χ1v) is 10.9. The number of nitrogens with zero attached hydrogens (tertiary/aromatic N) is 4. The summed E-state index contributed by atoms with van der Waals surface area (Å²) < 4.78 is 1.74. The molecule has 158 valence electrons. The van der Waals surface area contributed by atoms with Crippen LogP contribution in [0.1, 0.15) is 18.4 Å². The van der Waals surface area contributed by atoms with E-state index in [1.54, 1.807) is 10.7 Å². The Kier molecular flexibility index (Phi) is 5.69. The van der Waals surface area contributed by atoms with Gasteiger partial charge in [0, 0.05) is 37.0 Å². The number of benzene rings is 1. The number of hydrogen-bond donors (Lipinski definition) is 3. The summed E-state index contributed by atoms with van der Waals surface area (Å²) in [6.45, 7) is 2.67. The van der Waals surface area contributed by atoms with E-state index in [1.165, 1.54) is 0 Å². The highest BCUT2D eigenvalue weighted by molar-refractivity contribution is 6.33. The maximum absolute atomic E-state index is 6.33. The quantitative estimate of drug-likeness (QED) is 0.422. The highest BCUT2D eigenvalue weighted by atomic mass is 35.5. The van der Waals surface area contributed by atoms with Crippen molar-refractivity contribution in [3.05, 3.63) is 71.5 Å². The van der Waals surface area contributed by atoms with Crippen LogP contribution in [0.4, 0.5) is 11.6 Å². The number of rotatable bonds is 6. The van der Waals surface area contributed by atoms with Crippen LogP contribution in [0, 0.1) is 0 Å². The predicted molar refractivity (Wildman–Crippen MR) is 125 cm³/mol. The smallest absolute Gasteiger partial charge is 0.178 e. The lowest BCUT2D eigenvalue weighted by Gasteiger charge is -2.24. The van der Waals surface area contributed by atoms with E-state index in [1.807, 2.05) is 30.5 Å². The predicted octanol–water partition coefficient (Wildman–Crippen LogP) is 4.22. The SMILES string of the molecule is Clc1cnn2c(NCc3ccc(-c4ccccn4)cc3)cc(N[C@H]3CCCNC3)nc12. The van der Waals surface area contributed by atoms with E-state index in [0.717, 1.165) is 54.4 Å². The van der Waals surface area contributed by atoms with E-state index in [9.17, 15) is 0 Å². The van der Waals surface area contributed by atoms with Crippen LogP contribution in [0.3, 0.4) is 0 Å². The molecule has 1 atom stereocenters. The van der Waals surface area contributed by atoms with Crippen molar-refractivity contribution in [2.24, 2.45) is 0 Å². The molecule has 1 aliphatic rings. The Balaban J connectivity index is 1.34. The lowest BCUT2D eigenvalue weighted by Crippen LogP contribution is -2.38. The molecule has 1 saturated heterocycles. The second kappa shape index (κ2) is 8.91. The summed E-state index contributed by atoms with van der Waals surface area (Å²) >= 11 is 6.33. The number of pyridine rings is 1. The van der Waals surface area contributed by atoms with Crippen LogP contribution in [-0.2, 0) is 6.54 Å². The Labute approximate surface area is 185 Å². The highest BCUT2D eigenvalue weighted by Crippen LogP contribution is 2.24. The molecule has 3 N–H and O–H groups in total. The summed E-state index contributed by atoms with van der Waals surface area (Å²) in [4.78, 5) is 9.08. The van der Waals surface area contributed by atoms with Gasteiger partial charge >= 0.3 is 0 Å². The van der Waals surface area contributed by atoms with Crippen molar-refractivity contribution in [2.45, 2.75) is 25.4 Å². The maximum Gasteiger partial charge on any atom is 0.178 e. The molecule has 7 nitrogen and oxygen atoms in total. The van der Waals surface area contributed by atoms with Crippen molar-refractivity contribution < 1.29 is 0 Å². The van der Waals surface area contributed by atoms with Gasteiger partial charge in [-0.25, -0.2) is 4.98 Å². The number of halogens is 1. The topological polar surface area (TPSA) is 79.2 Å². The third-order valence-corrected chi connectivity index (χ3v) is 5.73. The summed E-state index contributed by atoms with van der Waals surface area (Å²) in [6, 6.07) is 16.7. The van der Waals surface area contributed by atoms with Gasteiger partial charge in [-0.1, -0.05) is 41.9 Å². The first kappa shape index (κ1) is 19.8. The molecule has 0 unspecified atom stereocenters. The molecule has 8 heteroatoms. The molecule has 5 rings (SSSR count). The lowest BCUT2D eigenvalue weighted by molar-refractivity contribution is 0.479. The van der Waals surface area contributed by atoms with Gasteiger partial charge in [-0.15, -0.1) is 0 Å². The van der Waals surface area contributed by atoms with Crippen LogP contribution < -0.4 is 16.0 Å². The average molecular weight is 434 g/mol. The summed E-state index contributed by atoms with van der Waals surface area (Å²) in [7, 11) is 0. The summed E-state index contributed by atoms with van der Waals surface area (Å²) in [5.41, 5.74) is 3.87. The Morgan fingerprint density at radius 3 is 2.84 bits per heavy atom. The fraction of sp³-hybridized carbons (Fsp3) is 0.261. The van der Waals surface area contributed by atoms with E-state index in [0.29, 0.717) is 23.3 Å². The zero-order valence-corrected chi connectivity index (χ0v) is 17.8. The second-order valence-electron chi connectivity index (χ2n) is 7.71. The van der Waals surface area contributed by atoms with Crippen LogP contribution >= 0.6 is 11.6 Å². The van der Waals surface area contributed by atoms with Crippen LogP contribution in [-0.4, -0.2) is 38.7 Å². The van der Waals surface area contributed by atoms with Crippen LogP contribution in [0.15, 0.2) is 60.9 Å². The largest absolute Gasteiger partial charge is 0.366 e. The number of aromatic nitrogens is 4. The molecule has 31 heavy (non-hydrogen) atoms. The Morgan fingerprint density at radius 2 is 2.06 bits per heavy atom. The Morgan fingerprint density at radius 1 is 1.16 bits per heavy atom. The molecule has 0 saturated carbocycles. The van der Waals surface area contributed by atoms with Gasteiger partial charge in [-0.2, -0.15) is 9.61 Å². The van der Waals surface area contributed by atoms with E-state index in [-0.39, 0.29) is 0 Å². The van der Waals surface area contributed by atoms with Gasteiger partial charge < -0.3 is 16.0 Å². The van der Waals surface area contributed by atoms with Crippen LogP contribution in [0.2, 0.25) is 5.02 Å². The molecule has 1 aromatic carbocycles. The maximum atomic E-state index is 6.33. The van der Waals surface area contributed by atoms with Gasteiger partial charge in [0.2, 0.25) is 0 Å². The summed E-state index contributed by atoms with van der Waals surface area (Å²) in [5.74, 6) is 1.65. The second-order valence-corrected chi connectivity index (χ2v) is 8.11. The van der Waals surface area contributed by atoms with Crippen molar-refractivity contribution in [1.82, 2.24) is 24.9 Å². The van der Waals surface area contributed by atoms with Crippen molar-refractivity contribution in [2.75, 3.05) is 23.7 Å². The molecule has 4 aromatic rings. The zero-order chi connectivity index (χ0) is 21.0. The van der Waals surface area contributed by atoms with Crippen LogP contribution in [0.25, 0.3) is 16.9 Å². The average Bonchev–Trinajstić information content (AvgIpc) is 3.20. The molecule has 1 aliphatic heterocycles. The molecular formula is C23H24ClN7. The van der Waals surface area contributed by atoms with E-state index >= 15 is 0 Å². The lowest BCUT2D eigenvalue weighted by atomic mass is 10.1. The molecule has 0 bridgehead atoms. The molecule has 0 aliphatic carbocycles. The number of piperidine rings is 1. The molecule has 0 amide bonds. The van der Waals surface area contributed by atoms with Gasteiger partial charge in [-0.05, 0) is 37.1 Å². The van der Waals surface area contributed by atoms with Crippen molar-refractivity contribution in [3.8, 4) is 11.3 Å². The fourth-order valence-corrected chi connectivity index (χ4v) is 4.01. The van der Waals surface area contributed by atoms with Crippen molar-refractivity contribution in [3.63, 3.8) is 0 Å². The minimum atomic E-state index is 0.359. The standard InChI is InChI=1S/C23H24ClN7/c24-19-15-28-31-22(12-21(30-23(19)31)29-18-4-3-10-25-14-18)27-13-16-6-8-17(9-7-16)20-5-1-2-11-26-20/h1-2,5-9,11-12,15,18,25,27H,3-4,10,13-14H2,(H,29,30)/t18-/m0/s1. The monoisotopic (exact) mass is 433 g/mol. The van der Waals surface area contributed by atoms with E-state index in [4.69, 9.17) is 11.6 Å². The Bertz CT molecular complexity index is 1150. The van der Waals surface area contributed by atoms with Crippen molar-refractivity contribution in [1.29, 1.82) is 0 Å². The highest BCUT2D eigenvalue weighted by Gasteiger charge is 2.16. The van der Waals surface area contributed by atoms with E-state index in [2.05, 4.69) is 55.3 Å². The Hall–Kier alpha value is -3.16. The zero-order valence-electron chi connectivity index (χ0n) is 17.1. The fourth-order valence-electron chi connectivity index (χ4n) is 3.84. The third kappa shape index (κ3) is 4.47. The van der Waals surface area contributed by atoms with Gasteiger partial charge in [-0.3, -0.25) is 4.98 Å². The van der Waals surface area contributed by atoms with Gasteiger partial charge in [0.05, 0.1) is 11.9 Å². The number of fused-ring (bicyclic) bond motifs is 1. The number of nitrogens with one attached hydrogen (secondary N) is 3. The molecule has 1 fully saturated rings. The molecule has 0 spiro atoms. The van der Waals surface area contributed by atoms with Gasteiger partial charge in [0.1, 0.15) is 16.7 Å². The van der Waals surface area contributed by atoms with Gasteiger partial charge in [0.25, 0.3) is 0 Å². The number of hydrogen-bond acceptors (Lipinski definition) is 6. The first-order chi connectivity index (χ1) is 15.3. The molecule has 0 radical (unpaired) electrons. The molecule has 3 aromatic heterocycles. The third-order valence-electron chi connectivity index (χ3n) is 5.47. The van der Waals surface area contributed by atoms with E-state index < -0.39 is 0 Å². The molecule has 4 heterocycles. The van der Waals surface area contributed by atoms with Crippen molar-refractivity contribution >= 4 is 28.9 Å². The normalized spacial score (nSPS) is 16.4. The van der Waals surface area contributed by atoms with Gasteiger partial charge in [0.15, 0.2) is 5.65 Å². The molecular weight excluding hydrogens is 410 g/mol. The van der Waals surface area contributed by atoms with Crippen LogP contribution in [0.5, 0.6) is 0 Å². The summed E-state index contributed by atoms with van der Waals surface area (Å²) in [6.07, 6.45) is 5.72. The first-order valence-electron chi connectivity index (χ1n) is 10.5. The minimum absolute atomic E-state index is 0.359. The minimum Gasteiger partial charge on any atom is -0.366 e. The summed E-state index contributed by atoms with van der Waals surface area (Å²) in [5, 5.41) is 15.4.